The highest BCUT2D eigenvalue weighted by Crippen LogP contribution is 2.41. The van der Waals surface area contributed by atoms with Gasteiger partial charge in [0.1, 0.15) is 17.7 Å². The summed E-state index contributed by atoms with van der Waals surface area (Å²) in [6, 6.07) is 7.56. The molecule has 3 aromatic heterocycles. The van der Waals surface area contributed by atoms with Crippen LogP contribution in [0, 0.1) is 0 Å². The molecule has 216 valence electrons. The highest BCUT2D eigenvalue weighted by molar-refractivity contribution is 5.99. The van der Waals surface area contributed by atoms with Crippen LogP contribution in [0.5, 0.6) is 0 Å². The molecule has 2 amide bonds. The first-order valence-electron chi connectivity index (χ1n) is 12.8. The van der Waals surface area contributed by atoms with Gasteiger partial charge in [0, 0.05) is 42.6 Å². The zero-order valence-electron chi connectivity index (χ0n) is 22.4. The minimum absolute atomic E-state index is 0.240. The Hall–Kier alpha value is -4.27. The molecule has 0 spiro atoms. The van der Waals surface area contributed by atoms with Crippen molar-refractivity contribution in [2.75, 3.05) is 42.7 Å². The molecule has 1 aromatic carbocycles. The number of hydrogen-bond acceptors (Lipinski definition) is 8. The van der Waals surface area contributed by atoms with E-state index in [1.165, 1.54) is 6.33 Å². The second kappa shape index (κ2) is 11.0. The van der Waals surface area contributed by atoms with Gasteiger partial charge in [-0.3, -0.25) is 10.2 Å². The van der Waals surface area contributed by atoms with Crippen LogP contribution in [-0.2, 0) is 23.1 Å². The number of anilines is 3. The fourth-order valence-corrected chi connectivity index (χ4v) is 4.91. The Labute approximate surface area is 233 Å². The summed E-state index contributed by atoms with van der Waals surface area (Å²) in [5.41, 5.74) is 7.82. The topological polar surface area (TPSA) is 143 Å². The van der Waals surface area contributed by atoms with Crippen molar-refractivity contribution in [1.29, 1.82) is 0 Å². The molecule has 0 bridgehead atoms. The number of amides is 2. The van der Waals surface area contributed by atoms with E-state index in [4.69, 9.17) is 10.5 Å². The molecule has 11 nitrogen and oxygen atoms in total. The maximum absolute atomic E-state index is 13.0. The number of hydrogen-bond donors (Lipinski definition) is 4. The van der Waals surface area contributed by atoms with Crippen molar-refractivity contribution in [3.63, 3.8) is 0 Å². The molecule has 0 unspecified atom stereocenters. The van der Waals surface area contributed by atoms with Crippen LogP contribution in [0.4, 0.5) is 35.3 Å². The molecule has 0 saturated carbocycles. The van der Waals surface area contributed by atoms with Gasteiger partial charge in [-0.25, -0.2) is 19.3 Å². The minimum Gasteiger partial charge on any atom is -0.386 e. The summed E-state index contributed by atoms with van der Waals surface area (Å²) in [6.07, 6.45) is -2.22. The van der Waals surface area contributed by atoms with Crippen LogP contribution in [0.2, 0.25) is 0 Å². The van der Waals surface area contributed by atoms with Crippen molar-refractivity contribution in [1.82, 2.24) is 24.5 Å². The summed E-state index contributed by atoms with van der Waals surface area (Å²) in [6.45, 7) is 6.57. The van der Waals surface area contributed by atoms with E-state index in [9.17, 15) is 23.1 Å². The molecule has 0 aliphatic carbocycles. The lowest BCUT2D eigenvalue weighted by atomic mass is 9.90. The third kappa shape index (κ3) is 6.09. The number of nitrogens with one attached hydrogen (secondary N) is 2. The SMILES string of the molecule is CC(C)(O)c1c(-c2ccc(NC(=O)Nc3cc(C(F)(F)F)ccn3)cc2)c2c(N)ncnn2c1CN1CCOCC1. The fraction of sp³-hybridized carbons (Fsp3) is 0.333. The van der Waals surface area contributed by atoms with Gasteiger partial charge in [0.15, 0.2) is 5.82 Å². The fourth-order valence-electron chi connectivity index (χ4n) is 4.91. The second-order valence-corrected chi connectivity index (χ2v) is 10.1. The predicted molar refractivity (Wildman–Crippen MR) is 146 cm³/mol. The van der Waals surface area contributed by atoms with Gasteiger partial charge in [0.2, 0.25) is 0 Å². The number of morpholine rings is 1. The molecule has 1 aliphatic heterocycles. The van der Waals surface area contributed by atoms with Gasteiger partial charge in [-0.1, -0.05) is 12.1 Å². The van der Waals surface area contributed by atoms with Crippen molar-refractivity contribution in [3.05, 3.63) is 65.7 Å². The van der Waals surface area contributed by atoms with Crippen molar-refractivity contribution in [3.8, 4) is 11.1 Å². The first-order chi connectivity index (χ1) is 19.4. The molecule has 1 saturated heterocycles. The summed E-state index contributed by atoms with van der Waals surface area (Å²) in [5, 5.41) is 20.7. The number of carbonyl (C=O) groups excluding carboxylic acids is 1. The quantitative estimate of drug-likeness (QED) is 0.272. The Morgan fingerprint density at radius 1 is 1.10 bits per heavy atom. The Kier molecular flexibility index (Phi) is 7.55. The summed E-state index contributed by atoms with van der Waals surface area (Å²) in [5.74, 6) is -0.00351. The number of benzene rings is 1. The monoisotopic (exact) mass is 570 g/mol. The zero-order chi connectivity index (χ0) is 29.4. The molecule has 0 radical (unpaired) electrons. The predicted octanol–water partition coefficient (Wildman–Crippen LogP) is 4.10. The molecular weight excluding hydrogens is 541 g/mol. The summed E-state index contributed by atoms with van der Waals surface area (Å²) >= 11 is 0. The maximum atomic E-state index is 13.0. The highest BCUT2D eigenvalue weighted by atomic mass is 19.4. The zero-order valence-corrected chi connectivity index (χ0v) is 22.4. The number of nitrogen functional groups attached to an aromatic ring is 1. The van der Waals surface area contributed by atoms with E-state index in [2.05, 4.69) is 30.6 Å². The summed E-state index contributed by atoms with van der Waals surface area (Å²) in [7, 11) is 0. The normalized spacial score (nSPS) is 14.8. The van der Waals surface area contributed by atoms with E-state index < -0.39 is 23.4 Å². The lowest BCUT2D eigenvalue weighted by Crippen LogP contribution is -2.36. The molecular formula is C27H29F3N8O3. The third-order valence-electron chi connectivity index (χ3n) is 6.70. The maximum Gasteiger partial charge on any atom is 0.416 e. The molecule has 14 heteroatoms. The molecule has 5 N–H and O–H groups in total. The first-order valence-corrected chi connectivity index (χ1v) is 12.8. The number of fused-ring (bicyclic) bond motifs is 1. The van der Waals surface area contributed by atoms with Gasteiger partial charge in [-0.05, 0) is 43.7 Å². The van der Waals surface area contributed by atoms with Crippen LogP contribution >= 0.6 is 0 Å². The summed E-state index contributed by atoms with van der Waals surface area (Å²) in [4.78, 5) is 22.6. The second-order valence-electron chi connectivity index (χ2n) is 10.1. The van der Waals surface area contributed by atoms with Crippen LogP contribution < -0.4 is 16.4 Å². The van der Waals surface area contributed by atoms with Crippen LogP contribution in [-0.4, -0.2) is 61.9 Å². The smallest absolute Gasteiger partial charge is 0.386 e. The van der Waals surface area contributed by atoms with E-state index in [1.54, 1.807) is 42.6 Å². The van der Waals surface area contributed by atoms with E-state index >= 15 is 0 Å². The lowest BCUT2D eigenvalue weighted by Gasteiger charge is -2.28. The number of nitrogens with zero attached hydrogens (tertiary/aromatic N) is 5. The number of nitrogens with two attached hydrogens (primary N) is 1. The Bertz CT molecular complexity index is 1560. The van der Waals surface area contributed by atoms with Crippen LogP contribution in [0.25, 0.3) is 16.6 Å². The average molecular weight is 571 g/mol. The first kappa shape index (κ1) is 28.3. The van der Waals surface area contributed by atoms with Crippen molar-refractivity contribution >= 4 is 28.9 Å². The van der Waals surface area contributed by atoms with Gasteiger partial charge in [-0.15, -0.1) is 0 Å². The largest absolute Gasteiger partial charge is 0.416 e. The molecule has 4 aromatic rings. The van der Waals surface area contributed by atoms with Gasteiger partial charge in [0.25, 0.3) is 0 Å². The Balaban J connectivity index is 1.46. The van der Waals surface area contributed by atoms with Crippen LogP contribution in [0.15, 0.2) is 48.9 Å². The van der Waals surface area contributed by atoms with Gasteiger partial charge >= 0.3 is 12.2 Å². The number of alkyl halides is 3. The standard InChI is InChI=1S/C27H29F3N8O3/c1-26(2,40)22-19(14-37-9-11-41-12-10-37)38-23(24(31)33-15-34-38)21(22)16-3-5-18(6-4-16)35-25(39)36-20-13-17(7-8-32-20)27(28,29)30/h3-8,13,15,40H,9-12,14H2,1-2H3,(H2,31,33,34)(H2,32,35,36,39). The molecule has 5 rings (SSSR count). The number of ether oxygens (including phenoxy) is 1. The van der Waals surface area contributed by atoms with E-state index in [0.29, 0.717) is 47.7 Å². The third-order valence-corrected chi connectivity index (χ3v) is 6.70. The van der Waals surface area contributed by atoms with E-state index in [1.807, 2.05) is 0 Å². The molecule has 4 heterocycles. The summed E-state index contributed by atoms with van der Waals surface area (Å²) < 4.78 is 46.1. The molecule has 1 aliphatic rings. The number of pyridine rings is 1. The van der Waals surface area contributed by atoms with Crippen molar-refractivity contribution < 1.29 is 27.8 Å². The number of aromatic nitrogens is 4. The van der Waals surface area contributed by atoms with Gasteiger partial charge in [-0.2, -0.15) is 18.3 Å². The Morgan fingerprint density at radius 2 is 1.80 bits per heavy atom. The Morgan fingerprint density at radius 3 is 2.46 bits per heavy atom. The van der Waals surface area contributed by atoms with Gasteiger partial charge < -0.3 is 20.9 Å². The highest BCUT2D eigenvalue weighted by Gasteiger charge is 2.33. The lowest BCUT2D eigenvalue weighted by molar-refractivity contribution is -0.137. The number of rotatable bonds is 6. The number of aliphatic hydroxyl groups is 1. The molecule has 1 fully saturated rings. The number of carbonyl (C=O) groups is 1. The number of urea groups is 1. The van der Waals surface area contributed by atoms with Crippen molar-refractivity contribution in [2.45, 2.75) is 32.2 Å². The van der Waals surface area contributed by atoms with Crippen molar-refractivity contribution in [2.24, 2.45) is 0 Å². The molecule has 41 heavy (non-hydrogen) atoms. The van der Waals surface area contributed by atoms with Crippen LogP contribution in [0.3, 0.4) is 0 Å². The number of halogens is 3. The van der Waals surface area contributed by atoms with E-state index in [0.717, 1.165) is 37.1 Å². The minimum atomic E-state index is -4.56. The molecule has 0 atom stereocenters. The van der Waals surface area contributed by atoms with E-state index in [-0.39, 0.29) is 11.6 Å². The van der Waals surface area contributed by atoms with Crippen LogP contribution in [0.1, 0.15) is 30.7 Å². The average Bonchev–Trinajstić information content (AvgIpc) is 3.25. The van der Waals surface area contributed by atoms with Gasteiger partial charge in [0.05, 0.1) is 30.1 Å².